The predicted molar refractivity (Wildman–Crippen MR) is 69.4 cm³/mol. The van der Waals surface area contributed by atoms with Crippen molar-refractivity contribution in [3.8, 4) is 5.69 Å². The maximum atomic E-state index is 5.41. The van der Waals surface area contributed by atoms with Crippen LogP contribution >= 0.6 is 15.9 Å². The highest BCUT2D eigenvalue weighted by molar-refractivity contribution is 9.10. The van der Waals surface area contributed by atoms with Crippen molar-refractivity contribution in [1.29, 1.82) is 0 Å². The molecule has 0 fully saturated rings. The molecule has 1 aromatic heterocycles. The Morgan fingerprint density at radius 1 is 1.44 bits per heavy atom. The predicted octanol–water partition coefficient (Wildman–Crippen LogP) is 2.61. The fourth-order valence-electron chi connectivity index (χ4n) is 1.43. The standard InChI is InChI=1S/C12H12BrN3/c13-11-9-10(3-1-6-14)4-5-12(11)16-8-2-7-15-16/h1-5,7-9H,6,14H2/b3-1+. The molecule has 0 saturated heterocycles. The molecule has 1 heterocycles. The van der Waals surface area contributed by atoms with Crippen LogP contribution in [0, 0.1) is 0 Å². The number of benzene rings is 1. The molecule has 0 saturated carbocycles. The third kappa shape index (κ3) is 2.40. The summed E-state index contributed by atoms with van der Waals surface area (Å²) < 4.78 is 2.83. The molecule has 4 heteroatoms. The van der Waals surface area contributed by atoms with Crippen LogP contribution in [0.15, 0.2) is 47.2 Å². The summed E-state index contributed by atoms with van der Waals surface area (Å²) in [5, 5.41) is 4.19. The minimum absolute atomic E-state index is 0.554. The monoisotopic (exact) mass is 277 g/mol. The van der Waals surface area contributed by atoms with E-state index in [2.05, 4.69) is 21.0 Å². The highest BCUT2D eigenvalue weighted by atomic mass is 79.9. The number of nitrogens with zero attached hydrogens (tertiary/aromatic N) is 2. The number of halogens is 1. The lowest BCUT2D eigenvalue weighted by Crippen LogP contribution is -1.95. The summed E-state index contributed by atoms with van der Waals surface area (Å²) in [5.41, 5.74) is 7.55. The van der Waals surface area contributed by atoms with Crippen molar-refractivity contribution in [3.05, 3.63) is 52.8 Å². The lowest BCUT2D eigenvalue weighted by atomic mass is 10.2. The quantitative estimate of drug-likeness (QED) is 0.937. The number of aromatic nitrogens is 2. The summed E-state index contributed by atoms with van der Waals surface area (Å²) in [6.07, 6.45) is 7.59. The zero-order valence-corrected chi connectivity index (χ0v) is 10.3. The average Bonchev–Trinajstić information content (AvgIpc) is 2.80. The molecule has 82 valence electrons. The van der Waals surface area contributed by atoms with Crippen molar-refractivity contribution in [2.45, 2.75) is 0 Å². The van der Waals surface area contributed by atoms with Gasteiger partial charge in [0.1, 0.15) is 0 Å². The van der Waals surface area contributed by atoms with Crippen molar-refractivity contribution in [2.75, 3.05) is 6.54 Å². The second kappa shape index (κ2) is 5.09. The van der Waals surface area contributed by atoms with E-state index in [4.69, 9.17) is 5.73 Å². The summed E-state index contributed by atoms with van der Waals surface area (Å²) in [7, 11) is 0. The molecule has 0 aliphatic carbocycles. The molecule has 0 aliphatic heterocycles. The Labute approximate surface area is 103 Å². The first-order valence-corrected chi connectivity index (χ1v) is 5.77. The van der Waals surface area contributed by atoms with Crippen LogP contribution in [0.4, 0.5) is 0 Å². The van der Waals surface area contributed by atoms with E-state index in [9.17, 15) is 0 Å². The molecule has 2 N–H and O–H groups in total. The fraction of sp³-hybridized carbons (Fsp3) is 0.0833. The molecule has 2 rings (SSSR count). The molecule has 0 amide bonds. The molecule has 3 nitrogen and oxygen atoms in total. The minimum Gasteiger partial charge on any atom is -0.327 e. The summed E-state index contributed by atoms with van der Waals surface area (Å²) in [4.78, 5) is 0. The van der Waals surface area contributed by atoms with Crippen molar-refractivity contribution in [3.63, 3.8) is 0 Å². The first-order valence-electron chi connectivity index (χ1n) is 4.97. The van der Waals surface area contributed by atoms with Gasteiger partial charge < -0.3 is 5.73 Å². The Morgan fingerprint density at radius 3 is 2.94 bits per heavy atom. The summed E-state index contributed by atoms with van der Waals surface area (Å²) in [6, 6.07) is 8.00. The van der Waals surface area contributed by atoms with Crippen molar-refractivity contribution >= 4 is 22.0 Å². The Balaban J connectivity index is 2.34. The van der Waals surface area contributed by atoms with Gasteiger partial charge in [-0.2, -0.15) is 5.10 Å². The van der Waals surface area contributed by atoms with Gasteiger partial charge in [-0.05, 0) is 39.7 Å². The molecular weight excluding hydrogens is 266 g/mol. The molecule has 0 aliphatic rings. The third-order valence-corrected chi connectivity index (χ3v) is 2.80. The second-order valence-electron chi connectivity index (χ2n) is 3.30. The largest absolute Gasteiger partial charge is 0.327 e. The normalized spacial score (nSPS) is 11.1. The third-order valence-electron chi connectivity index (χ3n) is 2.17. The number of hydrogen-bond donors (Lipinski definition) is 1. The average molecular weight is 278 g/mol. The van der Waals surface area contributed by atoms with Gasteiger partial charge in [-0.25, -0.2) is 4.68 Å². The molecule has 0 radical (unpaired) electrons. The van der Waals surface area contributed by atoms with Crippen molar-refractivity contribution in [2.24, 2.45) is 5.73 Å². The molecule has 16 heavy (non-hydrogen) atoms. The van der Waals surface area contributed by atoms with Crippen LogP contribution in [-0.2, 0) is 0 Å². The SMILES string of the molecule is NC/C=C/c1ccc(-n2cccn2)c(Br)c1. The van der Waals surface area contributed by atoms with E-state index in [1.54, 1.807) is 6.20 Å². The van der Waals surface area contributed by atoms with Crippen LogP contribution in [0.1, 0.15) is 5.56 Å². The summed E-state index contributed by atoms with van der Waals surface area (Å²) >= 11 is 3.53. The van der Waals surface area contributed by atoms with E-state index in [1.807, 2.05) is 47.3 Å². The van der Waals surface area contributed by atoms with E-state index in [0.29, 0.717) is 6.54 Å². The molecule has 0 unspecified atom stereocenters. The van der Waals surface area contributed by atoms with Gasteiger partial charge in [0.2, 0.25) is 0 Å². The van der Waals surface area contributed by atoms with Crippen LogP contribution in [0.25, 0.3) is 11.8 Å². The van der Waals surface area contributed by atoms with Gasteiger partial charge in [-0.15, -0.1) is 0 Å². The molecule has 2 aromatic rings. The molecule has 0 spiro atoms. The lowest BCUT2D eigenvalue weighted by molar-refractivity contribution is 0.876. The van der Waals surface area contributed by atoms with Gasteiger partial charge in [0.25, 0.3) is 0 Å². The fourth-order valence-corrected chi connectivity index (χ4v) is 2.01. The van der Waals surface area contributed by atoms with Gasteiger partial charge in [0.05, 0.1) is 5.69 Å². The number of nitrogens with two attached hydrogens (primary N) is 1. The maximum absolute atomic E-state index is 5.41. The summed E-state index contributed by atoms with van der Waals surface area (Å²) in [5.74, 6) is 0. The van der Waals surface area contributed by atoms with E-state index < -0.39 is 0 Å². The van der Waals surface area contributed by atoms with E-state index >= 15 is 0 Å². The van der Waals surface area contributed by atoms with Gasteiger partial charge >= 0.3 is 0 Å². The van der Waals surface area contributed by atoms with Crippen LogP contribution in [-0.4, -0.2) is 16.3 Å². The topological polar surface area (TPSA) is 43.8 Å². The number of rotatable bonds is 3. The van der Waals surface area contributed by atoms with E-state index in [0.717, 1.165) is 15.7 Å². The summed E-state index contributed by atoms with van der Waals surface area (Å²) in [6.45, 7) is 0.554. The minimum atomic E-state index is 0.554. The zero-order chi connectivity index (χ0) is 11.4. The first-order chi connectivity index (χ1) is 7.81. The highest BCUT2D eigenvalue weighted by Gasteiger charge is 2.02. The molecule has 0 atom stereocenters. The Bertz CT molecular complexity index is 489. The zero-order valence-electron chi connectivity index (χ0n) is 8.68. The first kappa shape index (κ1) is 11.1. The molecular formula is C12H12BrN3. The lowest BCUT2D eigenvalue weighted by Gasteiger charge is -2.05. The second-order valence-corrected chi connectivity index (χ2v) is 4.15. The van der Waals surface area contributed by atoms with Gasteiger partial charge in [-0.1, -0.05) is 18.2 Å². The van der Waals surface area contributed by atoms with Crippen LogP contribution < -0.4 is 5.73 Å². The van der Waals surface area contributed by atoms with E-state index in [1.165, 1.54) is 0 Å². The number of hydrogen-bond acceptors (Lipinski definition) is 2. The molecule has 1 aromatic carbocycles. The smallest absolute Gasteiger partial charge is 0.0787 e. The Kier molecular flexibility index (Phi) is 3.54. The van der Waals surface area contributed by atoms with E-state index in [-0.39, 0.29) is 0 Å². The van der Waals surface area contributed by atoms with Crippen LogP contribution in [0.3, 0.4) is 0 Å². The Morgan fingerprint density at radius 2 is 2.31 bits per heavy atom. The van der Waals surface area contributed by atoms with Crippen molar-refractivity contribution in [1.82, 2.24) is 9.78 Å². The van der Waals surface area contributed by atoms with Crippen LogP contribution in [0.2, 0.25) is 0 Å². The van der Waals surface area contributed by atoms with Crippen LogP contribution in [0.5, 0.6) is 0 Å². The van der Waals surface area contributed by atoms with Gasteiger partial charge in [0, 0.05) is 23.4 Å². The molecule has 0 bridgehead atoms. The van der Waals surface area contributed by atoms with Crippen molar-refractivity contribution < 1.29 is 0 Å². The highest BCUT2D eigenvalue weighted by Crippen LogP contribution is 2.22. The Hall–Kier alpha value is -1.39. The van der Waals surface area contributed by atoms with Gasteiger partial charge in [0.15, 0.2) is 0 Å². The van der Waals surface area contributed by atoms with Gasteiger partial charge in [-0.3, -0.25) is 0 Å². The maximum Gasteiger partial charge on any atom is 0.0787 e.